The zero-order valence-corrected chi connectivity index (χ0v) is 17.9. The Balaban J connectivity index is 1.75. The van der Waals surface area contributed by atoms with Crippen molar-refractivity contribution in [2.45, 2.75) is 6.42 Å². The van der Waals surface area contributed by atoms with Gasteiger partial charge in [-0.05, 0) is 41.6 Å². The fourth-order valence-corrected chi connectivity index (χ4v) is 4.75. The van der Waals surface area contributed by atoms with E-state index in [0.29, 0.717) is 27.0 Å². The molecule has 3 aromatic rings. The third-order valence-electron chi connectivity index (χ3n) is 4.86. The molecule has 1 N–H and O–H groups in total. The second-order valence-corrected chi connectivity index (χ2v) is 8.41. The van der Waals surface area contributed by atoms with Gasteiger partial charge in [-0.25, -0.2) is 0 Å². The molecular weight excluding hydrogens is 414 g/mol. The number of carbonyl (C=O) groups excluding carboxylic acids is 1. The van der Waals surface area contributed by atoms with Gasteiger partial charge in [-0.1, -0.05) is 66.5 Å². The molecule has 6 heteroatoms. The number of nitrogens with zero attached hydrogens (tertiary/aromatic N) is 1. The van der Waals surface area contributed by atoms with Crippen LogP contribution < -0.4 is 9.64 Å². The minimum atomic E-state index is -0.168. The van der Waals surface area contributed by atoms with Crippen LogP contribution in [-0.2, 0) is 11.2 Å². The molecular formula is C24H19NO3S2. The molecule has 1 aliphatic rings. The lowest BCUT2D eigenvalue weighted by Crippen LogP contribution is -2.27. The molecule has 1 aliphatic heterocycles. The first-order valence-electron chi connectivity index (χ1n) is 9.30. The van der Waals surface area contributed by atoms with Gasteiger partial charge < -0.3 is 9.84 Å². The van der Waals surface area contributed by atoms with Gasteiger partial charge in [-0.2, -0.15) is 0 Å². The molecule has 1 fully saturated rings. The summed E-state index contributed by atoms with van der Waals surface area (Å²) in [5, 5.41) is 12.3. The molecule has 0 saturated carbocycles. The van der Waals surface area contributed by atoms with Crippen molar-refractivity contribution in [1.82, 2.24) is 0 Å². The number of benzene rings is 3. The summed E-state index contributed by atoms with van der Waals surface area (Å²) in [7, 11) is 1.50. The maximum absolute atomic E-state index is 13.2. The van der Waals surface area contributed by atoms with E-state index in [1.165, 1.54) is 18.9 Å². The van der Waals surface area contributed by atoms with E-state index in [4.69, 9.17) is 17.0 Å². The summed E-state index contributed by atoms with van der Waals surface area (Å²) in [4.78, 5) is 15.3. The van der Waals surface area contributed by atoms with Crippen LogP contribution in [0.25, 0.3) is 16.8 Å². The fourth-order valence-electron chi connectivity index (χ4n) is 3.47. The Bertz CT molecular complexity index is 1210. The van der Waals surface area contributed by atoms with Gasteiger partial charge in [0.25, 0.3) is 5.91 Å². The summed E-state index contributed by atoms with van der Waals surface area (Å²) in [5.74, 6) is 0.265. The molecule has 150 valence electrons. The molecule has 1 heterocycles. The largest absolute Gasteiger partial charge is 0.504 e. The maximum Gasteiger partial charge on any atom is 0.270 e. The highest BCUT2D eigenvalue weighted by Gasteiger charge is 2.34. The third kappa shape index (κ3) is 3.60. The first-order chi connectivity index (χ1) is 14.5. The number of rotatable bonds is 5. The monoisotopic (exact) mass is 433 g/mol. The quantitative estimate of drug-likeness (QED) is 0.318. The van der Waals surface area contributed by atoms with Crippen molar-refractivity contribution < 1.29 is 14.6 Å². The summed E-state index contributed by atoms with van der Waals surface area (Å²) in [6.07, 6.45) is 3.97. The number of thiocarbonyl (C=S) groups is 1. The van der Waals surface area contributed by atoms with E-state index >= 15 is 0 Å². The second-order valence-electron chi connectivity index (χ2n) is 6.74. The average molecular weight is 434 g/mol. The van der Waals surface area contributed by atoms with Gasteiger partial charge in [0.05, 0.1) is 17.7 Å². The number of amides is 1. The van der Waals surface area contributed by atoms with Crippen LogP contribution in [0.4, 0.5) is 5.69 Å². The van der Waals surface area contributed by atoms with Gasteiger partial charge in [0.15, 0.2) is 15.8 Å². The number of methoxy groups -OCH3 is 1. The van der Waals surface area contributed by atoms with Crippen LogP contribution in [0.15, 0.2) is 72.2 Å². The minimum Gasteiger partial charge on any atom is -0.504 e. The molecule has 4 nitrogen and oxygen atoms in total. The number of hydrogen-bond donors (Lipinski definition) is 1. The van der Waals surface area contributed by atoms with Gasteiger partial charge in [-0.15, -0.1) is 6.58 Å². The zero-order valence-electron chi connectivity index (χ0n) is 16.3. The van der Waals surface area contributed by atoms with E-state index in [0.717, 1.165) is 22.0 Å². The first-order valence-corrected chi connectivity index (χ1v) is 10.5. The summed E-state index contributed by atoms with van der Waals surface area (Å²) < 4.78 is 5.77. The number of hydrogen-bond acceptors (Lipinski definition) is 5. The highest BCUT2D eigenvalue weighted by molar-refractivity contribution is 8.27. The van der Waals surface area contributed by atoms with Crippen LogP contribution >= 0.6 is 24.0 Å². The number of phenols is 1. The van der Waals surface area contributed by atoms with Crippen LogP contribution in [0.1, 0.15) is 11.1 Å². The summed E-state index contributed by atoms with van der Waals surface area (Å²) in [6, 6.07) is 17.3. The van der Waals surface area contributed by atoms with Crippen molar-refractivity contribution in [3.63, 3.8) is 0 Å². The first kappa shape index (κ1) is 20.2. The highest BCUT2D eigenvalue weighted by atomic mass is 32.2. The van der Waals surface area contributed by atoms with E-state index in [-0.39, 0.29) is 11.7 Å². The molecule has 0 unspecified atom stereocenters. The number of thioether (sulfide) groups is 1. The van der Waals surface area contributed by atoms with Gasteiger partial charge in [0.2, 0.25) is 0 Å². The van der Waals surface area contributed by atoms with E-state index in [9.17, 15) is 9.90 Å². The maximum atomic E-state index is 13.2. The number of allylic oxidation sites excluding steroid dienone is 1. The van der Waals surface area contributed by atoms with Gasteiger partial charge in [0.1, 0.15) is 0 Å². The third-order valence-corrected chi connectivity index (χ3v) is 6.16. The Kier molecular flexibility index (Phi) is 5.61. The van der Waals surface area contributed by atoms with Crippen molar-refractivity contribution in [2.24, 2.45) is 0 Å². The standard InChI is InChI=1S/C24H19NO3S2/c1-3-7-17-12-15(13-20(28-2)22(17)26)14-21-23(27)25(24(29)30-21)19-11-6-9-16-8-4-5-10-18(16)19/h3-6,8-14,26H,1,7H2,2H3/b21-14+. The van der Waals surface area contributed by atoms with Crippen molar-refractivity contribution in [1.29, 1.82) is 0 Å². The molecule has 0 aromatic heterocycles. The lowest BCUT2D eigenvalue weighted by atomic mass is 10.0. The molecule has 0 atom stereocenters. The second kappa shape index (κ2) is 8.34. The Labute approximate surface area is 184 Å². The summed E-state index contributed by atoms with van der Waals surface area (Å²) in [6.45, 7) is 3.73. The highest BCUT2D eigenvalue weighted by Crippen LogP contribution is 2.40. The summed E-state index contributed by atoms with van der Waals surface area (Å²) in [5.41, 5.74) is 2.20. The Morgan fingerprint density at radius 3 is 2.73 bits per heavy atom. The predicted molar refractivity (Wildman–Crippen MR) is 128 cm³/mol. The molecule has 0 radical (unpaired) electrons. The SMILES string of the molecule is C=CCc1cc(/C=C2/SC(=S)N(c3cccc4ccccc34)C2=O)cc(OC)c1O. The Morgan fingerprint density at radius 2 is 1.97 bits per heavy atom. The van der Waals surface area contributed by atoms with Crippen LogP contribution in [-0.4, -0.2) is 22.4 Å². The number of phenolic OH excluding ortho intramolecular Hbond substituents is 1. The van der Waals surface area contributed by atoms with Crippen LogP contribution in [0.3, 0.4) is 0 Å². The predicted octanol–water partition coefficient (Wildman–Crippen LogP) is 5.69. The average Bonchev–Trinajstić information content (AvgIpc) is 3.02. The number of anilines is 1. The molecule has 1 amide bonds. The Morgan fingerprint density at radius 1 is 1.20 bits per heavy atom. The fraction of sp³-hybridized carbons (Fsp3) is 0.0833. The van der Waals surface area contributed by atoms with E-state index in [1.807, 2.05) is 48.5 Å². The molecule has 30 heavy (non-hydrogen) atoms. The van der Waals surface area contributed by atoms with Gasteiger partial charge >= 0.3 is 0 Å². The van der Waals surface area contributed by atoms with Crippen molar-refractivity contribution in [3.05, 3.63) is 83.3 Å². The van der Waals surface area contributed by atoms with Crippen molar-refractivity contribution in [2.75, 3.05) is 12.0 Å². The molecule has 4 rings (SSSR count). The topological polar surface area (TPSA) is 49.8 Å². The normalized spacial score (nSPS) is 15.2. The van der Waals surface area contributed by atoms with Gasteiger partial charge in [-0.3, -0.25) is 9.69 Å². The molecule has 0 bridgehead atoms. The van der Waals surface area contributed by atoms with Gasteiger partial charge in [0, 0.05) is 10.9 Å². The van der Waals surface area contributed by atoms with Crippen molar-refractivity contribution in [3.8, 4) is 11.5 Å². The number of ether oxygens (including phenoxy) is 1. The molecule has 1 saturated heterocycles. The number of carbonyl (C=O) groups is 1. The smallest absolute Gasteiger partial charge is 0.270 e. The number of fused-ring (bicyclic) bond motifs is 1. The van der Waals surface area contributed by atoms with Crippen LogP contribution in [0.2, 0.25) is 0 Å². The lowest BCUT2D eigenvalue weighted by molar-refractivity contribution is -0.113. The zero-order chi connectivity index (χ0) is 21.3. The molecule has 0 aliphatic carbocycles. The van der Waals surface area contributed by atoms with Crippen molar-refractivity contribution >= 4 is 56.7 Å². The van der Waals surface area contributed by atoms with Crippen LogP contribution in [0, 0.1) is 0 Å². The van der Waals surface area contributed by atoms with E-state index in [2.05, 4.69) is 6.58 Å². The minimum absolute atomic E-state index is 0.0813. The lowest BCUT2D eigenvalue weighted by Gasteiger charge is -2.17. The van der Waals surface area contributed by atoms with E-state index < -0.39 is 0 Å². The molecule has 3 aromatic carbocycles. The Hall–Kier alpha value is -3.09. The number of aromatic hydroxyl groups is 1. The van der Waals surface area contributed by atoms with E-state index in [1.54, 1.807) is 23.1 Å². The molecule has 0 spiro atoms. The summed E-state index contributed by atoms with van der Waals surface area (Å²) >= 11 is 6.80. The van der Waals surface area contributed by atoms with Crippen LogP contribution in [0.5, 0.6) is 11.5 Å².